The molecule has 0 aliphatic heterocycles. The standard InChI is InChI=1S/C10H12F2N2O/c1-2-13-10(15)14-6-7-5-8(11)3-4-9(7)12/h3-5H,2,6H2,1H3,(H2,13,14,15). The molecular weight excluding hydrogens is 202 g/mol. The second kappa shape index (κ2) is 5.29. The third-order valence-corrected chi connectivity index (χ3v) is 1.78. The number of hydrogen-bond donors (Lipinski definition) is 2. The first-order valence-electron chi connectivity index (χ1n) is 4.59. The molecule has 82 valence electrons. The summed E-state index contributed by atoms with van der Waals surface area (Å²) in [5.41, 5.74) is 0.126. The molecule has 0 bridgehead atoms. The van der Waals surface area contributed by atoms with Crippen LogP contribution in [0.5, 0.6) is 0 Å². The molecule has 1 rings (SSSR count). The number of carbonyl (C=O) groups excluding carboxylic acids is 1. The Bertz CT molecular complexity index is 355. The number of hydrogen-bond acceptors (Lipinski definition) is 1. The van der Waals surface area contributed by atoms with Crippen LogP contribution in [0.15, 0.2) is 18.2 Å². The van der Waals surface area contributed by atoms with Crippen molar-refractivity contribution in [2.75, 3.05) is 6.54 Å². The zero-order chi connectivity index (χ0) is 11.3. The Morgan fingerprint density at radius 1 is 1.33 bits per heavy atom. The molecule has 2 amide bonds. The number of halogens is 2. The van der Waals surface area contributed by atoms with E-state index in [1.807, 2.05) is 0 Å². The minimum Gasteiger partial charge on any atom is -0.338 e. The fourth-order valence-corrected chi connectivity index (χ4v) is 1.08. The Hall–Kier alpha value is -1.65. The molecule has 0 unspecified atom stereocenters. The maximum Gasteiger partial charge on any atom is 0.315 e. The van der Waals surface area contributed by atoms with E-state index in [9.17, 15) is 13.6 Å². The first-order chi connectivity index (χ1) is 7.13. The Morgan fingerprint density at radius 2 is 2.07 bits per heavy atom. The molecule has 5 heteroatoms. The third-order valence-electron chi connectivity index (χ3n) is 1.78. The minimum absolute atomic E-state index is 0.0323. The molecule has 0 aliphatic rings. The second-order valence-electron chi connectivity index (χ2n) is 2.95. The van der Waals surface area contributed by atoms with E-state index in [2.05, 4.69) is 10.6 Å². The molecule has 1 aromatic carbocycles. The van der Waals surface area contributed by atoms with Crippen LogP contribution in [0.25, 0.3) is 0 Å². The lowest BCUT2D eigenvalue weighted by molar-refractivity contribution is 0.241. The summed E-state index contributed by atoms with van der Waals surface area (Å²) >= 11 is 0. The van der Waals surface area contributed by atoms with Crippen LogP contribution in [0.3, 0.4) is 0 Å². The van der Waals surface area contributed by atoms with Gasteiger partial charge >= 0.3 is 6.03 Å². The average Bonchev–Trinajstić information content (AvgIpc) is 2.20. The summed E-state index contributed by atoms with van der Waals surface area (Å²) in [6.45, 7) is 2.22. The lowest BCUT2D eigenvalue weighted by Crippen LogP contribution is -2.34. The molecule has 0 saturated heterocycles. The summed E-state index contributed by atoms with van der Waals surface area (Å²) in [7, 11) is 0. The van der Waals surface area contributed by atoms with Gasteiger partial charge in [0.1, 0.15) is 11.6 Å². The second-order valence-corrected chi connectivity index (χ2v) is 2.95. The van der Waals surface area contributed by atoms with Gasteiger partial charge in [-0.05, 0) is 25.1 Å². The first-order valence-corrected chi connectivity index (χ1v) is 4.59. The van der Waals surface area contributed by atoms with Crippen molar-refractivity contribution < 1.29 is 13.6 Å². The van der Waals surface area contributed by atoms with Crippen LogP contribution in [0.1, 0.15) is 12.5 Å². The summed E-state index contributed by atoms with van der Waals surface area (Å²) in [4.78, 5) is 11.0. The van der Waals surface area contributed by atoms with E-state index in [4.69, 9.17) is 0 Å². The monoisotopic (exact) mass is 214 g/mol. The van der Waals surface area contributed by atoms with Crippen LogP contribution >= 0.6 is 0 Å². The lowest BCUT2D eigenvalue weighted by Gasteiger charge is -2.06. The van der Waals surface area contributed by atoms with E-state index in [0.29, 0.717) is 6.54 Å². The summed E-state index contributed by atoms with van der Waals surface area (Å²) in [6, 6.07) is 2.72. The highest BCUT2D eigenvalue weighted by Crippen LogP contribution is 2.08. The van der Waals surface area contributed by atoms with Gasteiger partial charge in [-0.3, -0.25) is 0 Å². The molecule has 0 fully saturated rings. The van der Waals surface area contributed by atoms with Gasteiger partial charge in [-0.15, -0.1) is 0 Å². The van der Waals surface area contributed by atoms with Crippen molar-refractivity contribution >= 4 is 6.03 Å². The van der Waals surface area contributed by atoms with Gasteiger partial charge in [-0.25, -0.2) is 13.6 Å². The van der Waals surface area contributed by atoms with Crippen molar-refractivity contribution in [2.24, 2.45) is 0 Å². The molecule has 0 aromatic heterocycles. The molecule has 2 N–H and O–H groups in total. The van der Waals surface area contributed by atoms with Gasteiger partial charge < -0.3 is 10.6 Å². The smallest absolute Gasteiger partial charge is 0.315 e. The Balaban J connectivity index is 2.57. The number of urea groups is 1. The first kappa shape index (κ1) is 11.4. The predicted molar refractivity (Wildman–Crippen MR) is 52.3 cm³/mol. The number of rotatable bonds is 3. The van der Waals surface area contributed by atoms with Gasteiger partial charge in [0, 0.05) is 18.7 Å². The zero-order valence-corrected chi connectivity index (χ0v) is 8.31. The molecular formula is C10H12F2N2O. The Morgan fingerprint density at radius 3 is 2.73 bits per heavy atom. The fraction of sp³-hybridized carbons (Fsp3) is 0.300. The Kier molecular flexibility index (Phi) is 4.03. The maximum absolute atomic E-state index is 13.1. The van der Waals surface area contributed by atoms with Crippen molar-refractivity contribution in [3.8, 4) is 0 Å². The van der Waals surface area contributed by atoms with E-state index < -0.39 is 17.7 Å². The highest BCUT2D eigenvalue weighted by Gasteiger charge is 2.05. The van der Waals surface area contributed by atoms with E-state index >= 15 is 0 Å². The van der Waals surface area contributed by atoms with Crippen LogP contribution < -0.4 is 10.6 Å². The van der Waals surface area contributed by atoms with Gasteiger partial charge in [0.25, 0.3) is 0 Å². The molecule has 0 heterocycles. The molecule has 0 aliphatic carbocycles. The largest absolute Gasteiger partial charge is 0.338 e. The highest BCUT2D eigenvalue weighted by molar-refractivity contribution is 5.73. The third kappa shape index (κ3) is 3.53. The summed E-state index contributed by atoms with van der Waals surface area (Å²) < 4.78 is 25.8. The van der Waals surface area contributed by atoms with Gasteiger partial charge in [0.15, 0.2) is 0 Å². The summed E-state index contributed by atoms with van der Waals surface area (Å²) in [5, 5.41) is 4.89. The Labute approximate surface area is 86.5 Å². The number of benzene rings is 1. The van der Waals surface area contributed by atoms with Crippen molar-refractivity contribution in [3.63, 3.8) is 0 Å². The summed E-state index contributed by atoms with van der Waals surface area (Å²) in [6.07, 6.45) is 0. The maximum atomic E-state index is 13.1. The fourth-order valence-electron chi connectivity index (χ4n) is 1.08. The van der Waals surface area contributed by atoms with Crippen LogP contribution in [0, 0.1) is 11.6 Å². The molecule has 1 aromatic rings. The van der Waals surface area contributed by atoms with E-state index in [1.165, 1.54) is 0 Å². The average molecular weight is 214 g/mol. The normalized spacial score (nSPS) is 9.80. The lowest BCUT2D eigenvalue weighted by atomic mass is 10.2. The predicted octanol–water partition coefficient (Wildman–Crippen LogP) is 1.78. The van der Waals surface area contributed by atoms with Crippen molar-refractivity contribution in [2.45, 2.75) is 13.5 Å². The van der Waals surface area contributed by atoms with E-state index in [1.54, 1.807) is 6.92 Å². The summed E-state index contributed by atoms with van der Waals surface area (Å²) in [5.74, 6) is -1.06. The highest BCUT2D eigenvalue weighted by atomic mass is 19.1. The molecule has 3 nitrogen and oxygen atoms in total. The number of amides is 2. The molecule has 0 atom stereocenters. The van der Waals surface area contributed by atoms with Crippen molar-refractivity contribution in [3.05, 3.63) is 35.4 Å². The van der Waals surface area contributed by atoms with E-state index in [0.717, 1.165) is 18.2 Å². The SMILES string of the molecule is CCNC(=O)NCc1cc(F)ccc1F. The van der Waals surface area contributed by atoms with Crippen LogP contribution in [0.2, 0.25) is 0 Å². The van der Waals surface area contributed by atoms with Crippen LogP contribution in [-0.2, 0) is 6.54 Å². The number of carbonyl (C=O) groups is 1. The quantitative estimate of drug-likeness (QED) is 0.791. The van der Waals surface area contributed by atoms with Gasteiger partial charge in [0.2, 0.25) is 0 Å². The molecule has 0 saturated carbocycles. The van der Waals surface area contributed by atoms with E-state index in [-0.39, 0.29) is 12.1 Å². The molecule has 0 radical (unpaired) electrons. The van der Waals surface area contributed by atoms with Gasteiger partial charge in [-0.2, -0.15) is 0 Å². The number of nitrogens with one attached hydrogen (secondary N) is 2. The molecule has 15 heavy (non-hydrogen) atoms. The van der Waals surface area contributed by atoms with Crippen molar-refractivity contribution in [1.29, 1.82) is 0 Å². The van der Waals surface area contributed by atoms with Gasteiger partial charge in [0.05, 0.1) is 0 Å². The minimum atomic E-state index is -0.534. The topological polar surface area (TPSA) is 41.1 Å². The van der Waals surface area contributed by atoms with Crippen LogP contribution in [0.4, 0.5) is 13.6 Å². The van der Waals surface area contributed by atoms with Crippen molar-refractivity contribution in [1.82, 2.24) is 10.6 Å². The molecule has 0 spiro atoms. The van der Waals surface area contributed by atoms with Gasteiger partial charge in [-0.1, -0.05) is 0 Å². The zero-order valence-electron chi connectivity index (χ0n) is 8.31. The van der Waals surface area contributed by atoms with Crippen LogP contribution in [-0.4, -0.2) is 12.6 Å².